The van der Waals surface area contributed by atoms with E-state index in [1.807, 2.05) is 38.5 Å². The lowest BCUT2D eigenvalue weighted by atomic mass is 9.58. The smallest absolute Gasteiger partial charge is 0.141 e. The topological polar surface area (TPSA) is 95.5 Å². The summed E-state index contributed by atoms with van der Waals surface area (Å²) in [4.78, 5) is 0. The first-order valence-corrected chi connectivity index (χ1v) is 28.9. The third kappa shape index (κ3) is 7.72. The molecule has 6 aromatic rings. The van der Waals surface area contributed by atoms with Gasteiger partial charge in [-0.3, -0.25) is 0 Å². The zero-order valence-corrected chi connectivity index (χ0v) is 50.8. The van der Waals surface area contributed by atoms with Gasteiger partial charge in [-0.25, -0.2) is 0 Å². The molecule has 1 heterocycles. The third-order valence-electron chi connectivity index (χ3n) is 20.8. The number of hydrogen-bond donors (Lipinski definition) is 1. The minimum Gasteiger partial charge on any atom is -0.508 e. The molecule has 5 aliphatic rings. The summed E-state index contributed by atoms with van der Waals surface area (Å²) in [6, 6.07) is 39.7. The normalized spacial score (nSPS) is 24.0. The highest BCUT2D eigenvalue weighted by atomic mass is 16.5. The number of phenols is 1. The van der Waals surface area contributed by atoms with Gasteiger partial charge in [0.1, 0.15) is 28.6 Å². The van der Waals surface area contributed by atoms with E-state index in [-0.39, 0.29) is 55.2 Å². The van der Waals surface area contributed by atoms with Crippen LogP contribution in [0, 0.1) is 33.5 Å². The number of fused-ring (bicyclic) bond motifs is 9. The summed E-state index contributed by atoms with van der Waals surface area (Å²) in [5.41, 5.74) is 15.8. The van der Waals surface area contributed by atoms with Gasteiger partial charge in [0.15, 0.2) is 0 Å². The van der Waals surface area contributed by atoms with Crippen molar-refractivity contribution in [3.05, 3.63) is 186 Å². The van der Waals surface area contributed by atoms with Crippen LogP contribution in [0.5, 0.6) is 23.0 Å². The second-order valence-corrected chi connectivity index (χ2v) is 30.3. The van der Waals surface area contributed by atoms with Crippen LogP contribution in [-0.2, 0) is 43.5 Å². The Kier molecular flexibility index (Phi) is 11.7. The maximum absolute atomic E-state index is 12.4. The summed E-state index contributed by atoms with van der Waals surface area (Å²) >= 11 is 0. The molecule has 0 radical (unpaired) electrons. The van der Waals surface area contributed by atoms with Crippen molar-refractivity contribution < 1.29 is 19.3 Å². The molecule has 4 aliphatic carbocycles. The first-order valence-electron chi connectivity index (χ1n) is 28.9. The molecule has 1 N–H and O–H groups in total. The van der Waals surface area contributed by atoms with E-state index in [4.69, 9.17) is 14.2 Å². The molecule has 410 valence electrons. The van der Waals surface area contributed by atoms with Crippen molar-refractivity contribution in [2.24, 2.45) is 10.8 Å². The van der Waals surface area contributed by atoms with Crippen molar-refractivity contribution in [2.75, 3.05) is 14.2 Å². The van der Waals surface area contributed by atoms with Crippen molar-refractivity contribution in [2.45, 2.75) is 199 Å². The van der Waals surface area contributed by atoms with Crippen LogP contribution in [0.2, 0.25) is 0 Å². The maximum atomic E-state index is 12.4. The number of nitriles is 2. The lowest BCUT2D eigenvalue weighted by Crippen LogP contribution is -2.53. The third-order valence-corrected chi connectivity index (χ3v) is 20.8. The summed E-state index contributed by atoms with van der Waals surface area (Å²) < 4.78 is 20.4. The lowest BCUT2D eigenvalue weighted by Gasteiger charge is -2.55. The molecule has 0 saturated carbocycles. The summed E-state index contributed by atoms with van der Waals surface area (Å²) in [7, 11) is 3.64. The van der Waals surface area contributed by atoms with Gasteiger partial charge in [-0.1, -0.05) is 153 Å². The molecule has 1 aliphatic heterocycles. The van der Waals surface area contributed by atoms with Crippen molar-refractivity contribution in [3.63, 3.8) is 0 Å². The maximum Gasteiger partial charge on any atom is 0.141 e. The number of aromatic hydroxyl groups is 1. The number of ether oxygens (including phenoxy) is 3. The van der Waals surface area contributed by atoms with Gasteiger partial charge in [-0.05, 0) is 181 Å². The molecule has 0 fully saturated rings. The Morgan fingerprint density at radius 1 is 0.481 bits per heavy atom. The Morgan fingerprint density at radius 3 is 1.33 bits per heavy atom. The highest BCUT2D eigenvalue weighted by Gasteiger charge is 2.63. The van der Waals surface area contributed by atoms with E-state index >= 15 is 0 Å². The minimum absolute atomic E-state index is 0.0669. The molecule has 2 spiro atoms. The SMILES string of the molecule is COc1cc2c(cc1C(c1ccc(C#N)cc1)C(C)(C)C1(C)Oc3cc4c(cc31)C(C)(C)CC41CC(C)(C)c3cc(C(c4ccc(C#N)cc4)C(C)(C)C)c(O)cc31)C(C)(C)CC21CC(C)(C)c2cc(C(C)(C)C)c(OC)cc21. The second kappa shape index (κ2) is 17.0. The van der Waals surface area contributed by atoms with Crippen molar-refractivity contribution in [1.29, 1.82) is 10.5 Å². The van der Waals surface area contributed by atoms with Gasteiger partial charge in [0.2, 0.25) is 0 Å². The fraction of sp³-hybridized carbons (Fsp3) is 0.479. The molecule has 0 amide bonds. The number of nitrogens with zero attached hydrogens (tertiary/aromatic N) is 2. The van der Waals surface area contributed by atoms with E-state index in [9.17, 15) is 15.6 Å². The molecular weight excluding hydrogens is 969 g/mol. The Balaban J connectivity index is 1.04. The fourth-order valence-electron chi connectivity index (χ4n) is 17.2. The number of methoxy groups -OCH3 is 2. The van der Waals surface area contributed by atoms with Crippen LogP contribution in [0.15, 0.2) is 97.1 Å². The van der Waals surface area contributed by atoms with E-state index in [2.05, 4.69) is 203 Å². The predicted octanol–water partition coefficient (Wildman–Crippen LogP) is 17.4. The van der Waals surface area contributed by atoms with Crippen molar-refractivity contribution >= 4 is 0 Å². The summed E-state index contributed by atoms with van der Waals surface area (Å²) in [5.74, 6) is 2.76. The van der Waals surface area contributed by atoms with Gasteiger partial charge in [-0.15, -0.1) is 0 Å². The minimum atomic E-state index is -0.730. The average Bonchev–Trinajstić information content (AvgIpc) is 4.17. The van der Waals surface area contributed by atoms with Crippen LogP contribution in [0.3, 0.4) is 0 Å². The van der Waals surface area contributed by atoms with Gasteiger partial charge in [0.05, 0.1) is 37.5 Å². The van der Waals surface area contributed by atoms with E-state index in [1.54, 1.807) is 0 Å². The molecule has 5 unspecified atom stereocenters. The number of hydrogen-bond acceptors (Lipinski definition) is 6. The van der Waals surface area contributed by atoms with Gasteiger partial charge in [-0.2, -0.15) is 10.5 Å². The number of benzene rings is 6. The molecule has 6 aromatic carbocycles. The Hall–Kier alpha value is -6.50. The van der Waals surface area contributed by atoms with Crippen molar-refractivity contribution in [3.8, 4) is 35.1 Å². The number of rotatable bonds is 8. The highest BCUT2D eigenvalue weighted by molar-refractivity contribution is 5.69. The average molecular weight is 1050 g/mol. The summed E-state index contributed by atoms with van der Waals surface area (Å²) in [5, 5.41) is 32.1. The van der Waals surface area contributed by atoms with E-state index in [1.165, 1.54) is 55.6 Å². The van der Waals surface area contributed by atoms with Crippen LogP contribution in [0.1, 0.15) is 244 Å². The zero-order chi connectivity index (χ0) is 57.4. The Labute approximate surface area is 472 Å². The molecule has 11 rings (SSSR count). The largest absolute Gasteiger partial charge is 0.508 e. The van der Waals surface area contributed by atoms with E-state index in [0.29, 0.717) is 16.9 Å². The second-order valence-electron chi connectivity index (χ2n) is 30.3. The predicted molar refractivity (Wildman–Crippen MR) is 319 cm³/mol. The van der Waals surface area contributed by atoms with Crippen LogP contribution in [-0.4, -0.2) is 19.3 Å². The van der Waals surface area contributed by atoms with Gasteiger partial charge in [0, 0.05) is 44.8 Å². The lowest BCUT2D eigenvalue weighted by molar-refractivity contribution is -0.0826. The Morgan fingerprint density at radius 2 is 0.886 bits per heavy atom. The Bertz CT molecular complexity index is 3620. The van der Waals surface area contributed by atoms with Crippen LogP contribution in [0.4, 0.5) is 0 Å². The zero-order valence-electron chi connectivity index (χ0n) is 50.8. The molecule has 0 saturated heterocycles. The van der Waals surface area contributed by atoms with Gasteiger partial charge in [0.25, 0.3) is 0 Å². The van der Waals surface area contributed by atoms with Gasteiger partial charge >= 0.3 is 0 Å². The van der Waals surface area contributed by atoms with Crippen LogP contribution in [0.25, 0.3) is 0 Å². The molecule has 79 heavy (non-hydrogen) atoms. The summed E-state index contributed by atoms with van der Waals surface area (Å²) in [6.45, 7) is 39.8. The molecule has 6 heteroatoms. The molecule has 6 nitrogen and oxygen atoms in total. The van der Waals surface area contributed by atoms with E-state index in [0.717, 1.165) is 65.2 Å². The molecular formula is C73H84N2O4. The summed E-state index contributed by atoms with van der Waals surface area (Å²) in [6.07, 6.45) is 3.79. The first kappa shape index (κ1) is 54.5. The van der Waals surface area contributed by atoms with Gasteiger partial charge < -0.3 is 19.3 Å². The highest BCUT2D eigenvalue weighted by Crippen LogP contribution is 2.70. The molecule has 5 atom stereocenters. The first-order chi connectivity index (χ1) is 36.6. The monoisotopic (exact) mass is 1050 g/mol. The molecule has 0 bridgehead atoms. The van der Waals surface area contributed by atoms with E-state index < -0.39 is 11.0 Å². The quantitative estimate of drug-likeness (QED) is 0.163. The standard InChI is InChI=1S/C73H84N2O4/c1-64(2,3)56-30-50-54(34-60(56)78-19)73(41-68(50,11)12)39-67(9,10)49-29-47(59(77-18)33-53(49)73)63(45-26-22-43(37-75)23-27-45)70(15,16)71(17)57-31-51-55(35-61(57)79-71)72(40-69(51,13)14)38-66(7,8)48-28-46(58(76)32-52(48)72)62(65(4,5)6)44-24-20-42(36-74)21-25-44/h20-35,62-63,76H,38-41H2,1-19H3. The number of phenolic OH excluding ortho intramolecular Hbond substituents is 1. The van der Waals surface area contributed by atoms with Crippen LogP contribution >= 0.6 is 0 Å². The van der Waals surface area contributed by atoms with Crippen molar-refractivity contribution in [1.82, 2.24) is 0 Å². The fourth-order valence-corrected chi connectivity index (χ4v) is 17.2. The molecule has 0 aromatic heterocycles. The van der Waals surface area contributed by atoms with Crippen LogP contribution < -0.4 is 14.2 Å².